The lowest BCUT2D eigenvalue weighted by Gasteiger charge is -2.17. The molecule has 0 fully saturated rings. The van der Waals surface area contributed by atoms with Gasteiger partial charge in [0.2, 0.25) is 10.0 Å². The minimum absolute atomic E-state index is 0.0413. The predicted molar refractivity (Wildman–Crippen MR) is 87.2 cm³/mol. The second-order valence-electron chi connectivity index (χ2n) is 5.44. The smallest absolute Gasteiger partial charge is 0.240 e. The average molecular weight is 337 g/mol. The number of benzene rings is 2. The highest BCUT2D eigenvalue weighted by Crippen LogP contribution is 2.20. The van der Waals surface area contributed by atoms with Crippen molar-refractivity contribution in [2.45, 2.75) is 24.2 Å². The van der Waals surface area contributed by atoms with Crippen LogP contribution in [0.2, 0.25) is 0 Å². The number of hydrogen-bond donors (Lipinski definition) is 2. The van der Waals surface area contributed by atoms with E-state index < -0.39 is 15.8 Å². The van der Waals surface area contributed by atoms with Gasteiger partial charge in [0.1, 0.15) is 5.82 Å². The largest absolute Gasteiger partial charge is 0.396 e. The Morgan fingerprint density at radius 2 is 1.87 bits per heavy atom. The first-order chi connectivity index (χ1) is 10.9. The molecule has 0 heterocycles. The van der Waals surface area contributed by atoms with Crippen molar-refractivity contribution in [2.75, 3.05) is 13.2 Å². The first-order valence-electron chi connectivity index (χ1n) is 7.35. The lowest BCUT2D eigenvalue weighted by Crippen LogP contribution is -2.29. The quantitative estimate of drug-likeness (QED) is 0.816. The maximum absolute atomic E-state index is 13.4. The van der Waals surface area contributed by atoms with Crippen molar-refractivity contribution in [1.82, 2.24) is 4.72 Å². The van der Waals surface area contributed by atoms with Gasteiger partial charge in [0.25, 0.3) is 0 Å². The van der Waals surface area contributed by atoms with Crippen molar-refractivity contribution in [3.63, 3.8) is 0 Å². The molecule has 0 aliphatic carbocycles. The summed E-state index contributed by atoms with van der Waals surface area (Å²) >= 11 is 0. The highest BCUT2D eigenvalue weighted by molar-refractivity contribution is 7.89. The molecule has 4 nitrogen and oxygen atoms in total. The summed E-state index contributed by atoms with van der Waals surface area (Å²) < 4.78 is 40.6. The molecule has 6 heteroatoms. The van der Waals surface area contributed by atoms with Crippen LogP contribution in [-0.2, 0) is 10.0 Å². The molecule has 2 aromatic carbocycles. The Morgan fingerprint density at radius 3 is 2.48 bits per heavy atom. The van der Waals surface area contributed by atoms with Gasteiger partial charge in [-0.25, -0.2) is 17.5 Å². The zero-order chi connectivity index (χ0) is 16.9. The zero-order valence-electron chi connectivity index (χ0n) is 12.9. The fourth-order valence-corrected chi connectivity index (χ4v) is 3.62. The number of aryl methyl sites for hydroxylation is 1. The van der Waals surface area contributed by atoms with Crippen LogP contribution in [0.4, 0.5) is 4.39 Å². The standard InChI is InChI=1S/C17H20FNO3S/c1-13-9-16(18)11-17(10-13)23(21,22)19-12-15(7-8-20)14-5-3-2-4-6-14/h2-6,9-11,15,19-20H,7-8,12H2,1H3/t15-/m1/s1. The Balaban J connectivity index is 2.16. The molecule has 2 aromatic rings. The van der Waals surface area contributed by atoms with Crippen LogP contribution in [0.1, 0.15) is 23.5 Å². The molecule has 124 valence electrons. The summed E-state index contributed by atoms with van der Waals surface area (Å²) in [6, 6.07) is 13.1. The molecule has 0 saturated heterocycles. The highest BCUT2D eigenvalue weighted by Gasteiger charge is 2.19. The zero-order valence-corrected chi connectivity index (χ0v) is 13.7. The Hall–Kier alpha value is -1.76. The molecule has 0 unspecified atom stereocenters. The summed E-state index contributed by atoms with van der Waals surface area (Å²) in [7, 11) is -3.80. The van der Waals surface area contributed by atoms with Gasteiger partial charge in [-0.3, -0.25) is 0 Å². The van der Waals surface area contributed by atoms with E-state index in [1.165, 1.54) is 12.1 Å². The van der Waals surface area contributed by atoms with Crippen molar-refractivity contribution in [3.8, 4) is 0 Å². The van der Waals surface area contributed by atoms with Crippen molar-refractivity contribution < 1.29 is 17.9 Å². The Morgan fingerprint density at radius 1 is 1.17 bits per heavy atom. The summed E-state index contributed by atoms with van der Waals surface area (Å²) in [5, 5.41) is 9.19. The summed E-state index contributed by atoms with van der Waals surface area (Å²) in [6.07, 6.45) is 0.439. The van der Waals surface area contributed by atoms with Gasteiger partial charge in [-0.05, 0) is 48.6 Å². The monoisotopic (exact) mass is 337 g/mol. The topological polar surface area (TPSA) is 66.4 Å². The third-order valence-corrected chi connectivity index (χ3v) is 5.00. The van der Waals surface area contributed by atoms with Crippen molar-refractivity contribution >= 4 is 10.0 Å². The maximum atomic E-state index is 13.4. The number of sulfonamides is 1. The van der Waals surface area contributed by atoms with E-state index in [9.17, 15) is 17.9 Å². The molecular formula is C17H20FNO3S. The number of nitrogens with one attached hydrogen (secondary N) is 1. The first kappa shape index (κ1) is 17.6. The molecular weight excluding hydrogens is 317 g/mol. The molecule has 2 rings (SSSR count). The van der Waals surface area contributed by atoms with E-state index in [1.54, 1.807) is 6.92 Å². The molecule has 2 N–H and O–H groups in total. The van der Waals surface area contributed by atoms with Crippen LogP contribution >= 0.6 is 0 Å². The van der Waals surface area contributed by atoms with Crippen LogP contribution in [0.15, 0.2) is 53.4 Å². The van der Waals surface area contributed by atoms with Gasteiger partial charge in [-0.2, -0.15) is 0 Å². The Bertz CT molecular complexity index is 727. The second-order valence-corrected chi connectivity index (χ2v) is 7.20. The minimum Gasteiger partial charge on any atom is -0.396 e. The molecule has 0 saturated carbocycles. The Kier molecular flexibility index (Phi) is 5.87. The molecule has 0 bridgehead atoms. The first-order valence-corrected chi connectivity index (χ1v) is 8.83. The summed E-state index contributed by atoms with van der Waals surface area (Å²) in [5.41, 5.74) is 1.49. The fraction of sp³-hybridized carbons (Fsp3) is 0.294. The van der Waals surface area contributed by atoms with E-state index in [4.69, 9.17) is 0 Å². The molecule has 0 aliphatic heterocycles. The molecule has 1 atom stereocenters. The number of rotatable bonds is 7. The van der Waals surface area contributed by atoms with Crippen molar-refractivity contribution in [2.24, 2.45) is 0 Å². The normalized spacial score (nSPS) is 13.0. The van der Waals surface area contributed by atoms with E-state index in [2.05, 4.69) is 4.72 Å². The van der Waals surface area contributed by atoms with Gasteiger partial charge in [0.05, 0.1) is 4.90 Å². The van der Waals surface area contributed by atoms with Gasteiger partial charge in [0.15, 0.2) is 0 Å². The maximum Gasteiger partial charge on any atom is 0.240 e. The molecule has 0 spiro atoms. The van der Waals surface area contributed by atoms with Crippen LogP contribution < -0.4 is 4.72 Å². The summed E-state index contributed by atoms with van der Waals surface area (Å²) in [6.45, 7) is 1.74. The third-order valence-electron chi connectivity index (χ3n) is 3.59. The van der Waals surface area contributed by atoms with Crippen LogP contribution in [-0.4, -0.2) is 26.7 Å². The van der Waals surface area contributed by atoms with Crippen molar-refractivity contribution in [3.05, 3.63) is 65.5 Å². The lowest BCUT2D eigenvalue weighted by atomic mass is 9.96. The van der Waals surface area contributed by atoms with Crippen LogP contribution in [0.5, 0.6) is 0 Å². The van der Waals surface area contributed by atoms with Gasteiger partial charge >= 0.3 is 0 Å². The number of hydrogen-bond acceptors (Lipinski definition) is 3. The van der Waals surface area contributed by atoms with Crippen LogP contribution in [0.3, 0.4) is 0 Å². The van der Waals surface area contributed by atoms with Crippen molar-refractivity contribution in [1.29, 1.82) is 0 Å². The van der Waals surface area contributed by atoms with E-state index in [1.807, 2.05) is 30.3 Å². The molecule has 0 radical (unpaired) electrons. The minimum atomic E-state index is -3.80. The molecule has 0 amide bonds. The second kappa shape index (κ2) is 7.68. The predicted octanol–water partition coefficient (Wildman–Crippen LogP) is 2.58. The molecule has 0 aromatic heterocycles. The van der Waals surface area contributed by atoms with Gasteiger partial charge < -0.3 is 5.11 Å². The Labute approximate surface area is 136 Å². The van der Waals surface area contributed by atoms with Gasteiger partial charge in [-0.1, -0.05) is 30.3 Å². The van der Waals surface area contributed by atoms with Gasteiger partial charge in [0, 0.05) is 13.2 Å². The van der Waals surface area contributed by atoms with E-state index in [0.717, 1.165) is 11.6 Å². The number of aliphatic hydroxyl groups is 1. The number of aliphatic hydroxyl groups excluding tert-OH is 1. The van der Waals surface area contributed by atoms with E-state index >= 15 is 0 Å². The molecule has 0 aliphatic rings. The molecule has 23 heavy (non-hydrogen) atoms. The van der Waals surface area contributed by atoms with Gasteiger partial charge in [-0.15, -0.1) is 0 Å². The lowest BCUT2D eigenvalue weighted by molar-refractivity contribution is 0.275. The average Bonchev–Trinajstić information content (AvgIpc) is 2.51. The van der Waals surface area contributed by atoms with E-state index in [-0.39, 0.29) is 24.0 Å². The van der Waals surface area contributed by atoms with Crippen LogP contribution in [0, 0.1) is 12.7 Å². The number of halogens is 1. The summed E-state index contributed by atoms with van der Waals surface area (Å²) in [4.78, 5) is -0.0918. The third kappa shape index (κ3) is 4.86. The fourth-order valence-electron chi connectivity index (χ4n) is 2.42. The highest BCUT2D eigenvalue weighted by atomic mass is 32.2. The van der Waals surface area contributed by atoms with E-state index in [0.29, 0.717) is 12.0 Å². The van der Waals surface area contributed by atoms with Crippen LogP contribution in [0.25, 0.3) is 0 Å². The summed E-state index contributed by atoms with van der Waals surface area (Å²) in [5.74, 6) is -0.731. The SMILES string of the molecule is Cc1cc(F)cc(S(=O)(=O)NC[C@@H](CCO)c2ccccc2)c1.